The van der Waals surface area contributed by atoms with Crippen LogP contribution in [0.25, 0.3) is 0 Å². The Morgan fingerprint density at radius 2 is 2.43 bits per heavy atom. The molecule has 7 heavy (non-hydrogen) atoms. The largest absolute Gasteiger partial charge is 0.289 e. The number of nitrogens with zero attached hydrogens (tertiary/aromatic N) is 1. The van der Waals surface area contributed by atoms with Crippen molar-refractivity contribution >= 4 is 29.0 Å². The number of hydrogen-bond donors (Lipinski definition) is 1. The van der Waals surface area contributed by atoms with Crippen LogP contribution >= 0.6 is 12.2 Å². The highest BCUT2D eigenvalue weighted by molar-refractivity contribution is 7.82. The van der Waals surface area contributed by atoms with E-state index in [1.807, 2.05) is 0 Å². The lowest BCUT2D eigenvalue weighted by Crippen LogP contribution is -2.16. The molecule has 0 radical (unpaired) electrons. The molecule has 5 heteroatoms. The summed E-state index contributed by atoms with van der Waals surface area (Å²) < 4.78 is 19.0. The van der Waals surface area contributed by atoms with Gasteiger partial charge in [-0.25, -0.2) is 4.21 Å². The van der Waals surface area contributed by atoms with E-state index >= 15 is 0 Å². The van der Waals surface area contributed by atoms with Gasteiger partial charge in [-0.15, -0.1) is 0 Å². The Labute approximate surface area is 49.7 Å². The summed E-state index contributed by atoms with van der Waals surface area (Å²) in [5.74, 6) is 0. The van der Waals surface area contributed by atoms with Crippen molar-refractivity contribution in [2.24, 2.45) is 0 Å². The summed E-state index contributed by atoms with van der Waals surface area (Å²) in [6.45, 7) is 0. The van der Waals surface area contributed by atoms with Crippen molar-refractivity contribution < 1.29 is 8.76 Å². The molecule has 0 spiro atoms. The van der Waals surface area contributed by atoms with Crippen molar-refractivity contribution in [2.75, 3.05) is 7.05 Å². The highest BCUT2D eigenvalue weighted by atomic mass is 32.2. The van der Waals surface area contributed by atoms with Gasteiger partial charge in [0.1, 0.15) is 0 Å². The van der Waals surface area contributed by atoms with Crippen molar-refractivity contribution in [1.82, 2.24) is 4.31 Å². The normalized spacial score (nSPS) is 12.9. The molecule has 3 nitrogen and oxygen atoms in total. The fourth-order valence-corrected chi connectivity index (χ4v) is 0.331. The van der Waals surface area contributed by atoms with Gasteiger partial charge in [0.05, 0.1) is 5.49 Å². The molecule has 0 aromatic carbocycles. The molecule has 0 aliphatic heterocycles. The van der Waals surface area contributed by atoms with Crippen molar-refractivity contribution in [3.63, 3.8) is 0 Å². The van der Waals surface area contributed by atoms with Gasteiger partial charge in [0.15, 0.2) is 0 Å². The highest BCUT2D eigenvalue weighted by Crippen LogP contribution is 1.77. The van der Waals surface area contributed by atoms with Crippen LogP contribution in [-0.4, -0.2) is 25.6 Å². The second-order valence-electron chi connectivity index (χ2n) is 0.882. The zero-order valence-electron chi connectivity index (χ0n) is 3.70. The topological polar surface area (TPSA) is 40.5 Å². The van der Waals surface area contributed by atoms with Gasteiger partial charge in [0, 0.05) is 7.05 Å². The number of hydrogen-bond acceptors (Lipinski definition) is 2. The molecule has 1 N–H and O–H groups in total. The minimum atomic E-state index is -1.94. The lowest BCUT2D eigenvalue weighted by molar-refractivity contribution is 0.524. The Hall–Kier alpha value is -0.0000000000000000486. The molecule has 0 fully saturated rings. The summed E-state index contributed by atoms with van der Waals surface area (Å²) in [5.41, 5.74) is 1.11. The predicted octanol–water partition coefficient (Wildman–Crippen LogP) is 0.0121. The third-order valence-corrected chi connectivity index (χ3v) is 1.44. The smallest absolute Gasteiger partial charge is 0.261 e. The SMILES string of the molecule is CN(C=S)S(=O)O. The minimum Gasteiger partial charge on any atom is -0.289 e. The minimum absolute atomic E-state index is 1.01. The maximum atomic E-state index is 9.87. The summed E-state index contributed by atoms with van der Waals surface area (Å²) in [6.07, 6.45) is 0. The molecule has 42 valence electrons. The third-order valence-electron chi connectivity index (χ3n) is 0.395. The zero-order chi connectivity index (χ0) is 5.86. The second kappa shape index (κ2) is 3.06. The van der Waals surface area contributed by atoms with E-state index in [9.17, 15) is 4.21 Å². The Morgan fingerprint density at radius 1 is 2.00 bits per heavy atom. The molecule has 0 amide bonds. The summed E-state index contributed by atoms with van der Waals surface area (Å²) in [6, 6.07) is 0. The van der Waals surface area contributed by atoms with Crippen LogP contribution in [-0.2, 0) is 11.3 Å². The molecule has 0 bridgehead atoms. The average Bonchev–Trinajstić information content (AvgIpc) is 1.65. The summed E-state index contributed by atoms with van der Waals surface area (Å²) in [5, 5.41) is 0. The van der Waals surface area contributed by atoms with Gasteiger partial charge in [-0.1, -0.05) is 12.2 Å². The zero-order valence-corrected chi connectivity index (χ0v) is 5.33. The number of thiocarbonyl (C=S) groups is 1. The van der Waals surface area contributed by atoms with E-state index in [1.54, 1.807) is 0 Å². The quantitative estimate of drug-likeness (QED) is 0.433. The molecule has 1 atom stereocenters. The van der Waals surface area contributed by atoms with Gasteiger partial charge < -0.3 is 0 Å². The van der Waals surface area contributed by atoms with Crippen molar-refractivity contribution in [1.29, 1.82) is 0 Å². The van der Waals surface area contributed by atoms with E-state index in [1.165, 1.54) is 7.05 Å². The summed E-state index contributed by atoms with van der Waals surface area (Å²) in [7, 11) is 1.42. The van der Waals surface area contributed by atoms with Crippen LogP contribution in [0.15, 0.2) is 0 Å². The van der Waals surface area contributed by atoms with Crippen molar-refractivity contribution in [3.05, 3.63) is 0 Å². The van der Waals surface area contributed by atoms with E-state index in [-0.39, 0.29) is 0 Å². The fourth-order valence-electron chi connectivity index (χ4n) is 0.0368. The maximum absolute atomic E-state index is 9.87. The third kappa shape index (κ3) is 2.67. The van der Waals surface area contributed by atoms with Gasteiger partial charge in [-0.3, -0.25) is 8.86 Å². The van der Waals surface area contributed by atoms with E-state index < -0.39 is 11.3 Å². The van der Waals surface area contributed by atoms with Crippen LogP contribution in [0.5, 0.6) is 0 Å². The molecular weight excluding hydrogens is 134 g/mol. The van der Waals surface area contributed by atoms with Gasteiger partial charge >= 0.3 is 0 Å². The first kappa shape index (κ1) is 7.00. The lowest BCUT2D eigenvalue weighted by Gasteiger charge is -2.01. The number of rotatable bonds is 2. The average molecular weight is 139 g/mol. The van der Waals surface area contributed by atoms with Crippen LogP contribution < -0.4 is 0 Å². The summed E-state index contributed by atoms with van der Waals surface area (Å²) in [4.78, 5) is 0. The van der Waals surface area contributed by atoms with E-state index in [2.05, 4.69) is 12.2 Å². The Morgan fingerprint density at radius 3 is 2.43 bits per heavy atom. The molecule has 0 aromatic heterocycles. The van der Waals surface area contributed by atoms with Crippen LogP contribution in [0.3, 0.4) is 0 Å². The molecule has 0 rings (SSSR count). The molecule has 0 saturated carbocycles. The molecule has 0 aliphatic carbocycles. The molecule has 0 aromatic rings. The van der Waals surface area contributed by atoms with E-state index in [0.717, 1.165) is 9.80 Å². The second-order valence-corrected chi connectivity index (χ2v) is 2.13. The monoisotopic (exact) mass is 139 g/mol. The summed E-state index contributed by atoms with van der Waals surface area (Å²) >= 11 is 2.36. The molecule has 0 aliphatic rings. The first-order valence-corrected chi connectivity index (χ1v) is 3.01. The standard InChI is InChI=1S/C2H5NO2S2/c1-3(2-6)7(4)5/h2H,1H3,(H,4,5). The maximum Gasteiger partial charge on any atom is 0.261 e. The fraction of sp³-hybridized carbons (Fsp3) is 0.500. The van der Waals surface area contributed by atoms with Gasteiger partial charge in [-0.05, 0) is 0 Å². The Kier molecular flexibility index (Phi) is 3.06. The van der Waals surface area contributed by atoms with Gasteiger partial charge in [0.2, 0.25) is 0 Å². The van der Waals surface area contributed by atoms with Crippen LogP contribution in [0.4, 0.5) is 0 Å². The lowest BCUT2D eigenvalue weighted by atomic mass is 11.3. The van der Waals surface area contributed by atoms with Gasteiger partial charge in [0.25, 0.3) is 11.3 Å². The molecule has 0 heterocycles. The van der Waals surface area contributed by atoms with E-state index in [0.29, 0.717) is 0 Å². The van der Waals surface area contributed by atoms with Crippen molar-refractivity contribution in [2.45, 2.75) is 0 Å². The first-order chi connectivity index (χ1) is 3.18. The van der Waals surface area contributed by atoms with E-state index in [4.69, 9.17) is 4.55 Å². The van der Waals surface area contributed by atoms with Crippen molar-refractivity contribution in [3.8, 4) is 0 Å². The first-order valence-electron chi connectivity index (χ1n) is 1.47. The highest BCUT2D eigenvalue weighted by Gasteiger charge is 1.92. The molecular formula is C2H5NO2S2. The molecule has 0 saturated heterocycles. The van der Waals surface area contributed by atoms with Gasteiger partial charge in [-0.2, -0.15) is 0 Å². The predicted molar refractivity (Wildman–Crippen MR) is 32.2 cm³/mol. The Balaban J connectivity index is 3.55. The van der Waals surface area contributed by atoms with Crippen LogP contribution in [0, 0.1) is 0 Å². The van der Waals surface area contributed by atoms with Crippen LogP contribution in [0.2, 0.25) is 0 Å². The Bertz CT molecular complexity index is 93.7. The van der Waals surface area contributed by atoms with Crippen LogP contribution in [0.1, 0.15) is 0 Å². The molecule has 1 unspecified atom stereocenters.